The molecule has 5 N–H and O–H groups in total. The maximum absolute atomic E-state index is 12.1. The van der Waals surface area contributed by atoms with Crippen LogP contribution in [0.4, 0.5) is 0 Å². The first-order chi connectivity index (χ1) is 26.6. The zero-order chi connectivity index (χ0) is 40.8. The number of amides is 2. The number of carboxylic acid groups (broad SMARTS) is 2. The van der Waals surface area contributed by atoms with Crippen LogP contribution in [0.15, 0.2) is 48.6 Å². The lowest BCUT2D eigenvalue weighted by Gasteiger charge is -2.14. The van der Waals surface area contributed by atoms with Gasteiger partial charge in [0.15, 0.2) is 0 Å². The third kappa shape index (κ3) is 34.6. The van der Waals surface area contributed by atoms with Crippen LogP contribution in [0.3, 0.4) is 0 Å². The van der Waals surface area contributed by atoms with Gasteiger partial charge in [0.05, 0.1) is 0 Å². The van der Waals surface area contributed by atoms with Crippen LogP contribution in [0.5, 0.6) is 5.75 Å². The van der Waals surface area contributed by atoms with E-state index in [0.29, 0.717) is 12.8 Å². The molecule has 0 spiro atoms. The molecule has 0 aliphatic heterocycles. The third-order valence-corrected chi connectivity index (χ3v) is 9.62. The molecule has 1 rings (SSSR count). The summed E-state index contributed by atoms with van der Waals surface area (Å²) in [6.45, 7) is 5.96. The molecule has 55 heavy (non-hydrogen) atoms. The number of carboxylic acids is 2. The summed E-state index contributed by atoms with van der Waals surface area (Å²) in [6, 6.07) is 4.63. The van der Waals surface area contributed by atoms with Crippen LogP contribution in [-0.2, 0) is 25.6 Å². The first-order valence-electron chi connectivity index (χ1n) is 21.7. The highest BCUT2D eigenvalue weighted by Gasteiger charge is 2.20. The van der Waals surface area contributed by atoms with Gasteiger partial charge in [-0.3, -0.25) is 14.4 Å². The monoisotopic (exact) mass is 771 g/mol. The van der Waals surface area contributed by atoms with E-state index >= 15 is 0 Å². The number of aliphatic carboxylic acids is 2. The van der Waals surface area contributed by atoms with Crippen molar-refractivity contribution in [1.29, 1.82) is 0 Å². The molecule has 314 valence electrons. The lowest BCUT2D eigenvalue weighted by atomic mass is 10.0. The van der Waals surface area contributed by atoms with Gasteiger partial charge in [-0.2, -0.15) is 0 Å². The lowest BCUT2D eigenvalue weighted by Crippen LogP contribution is -2.42. The lowest BCUT2D eigenvalue weighted by molar-refractivity contribution is -0.142. The molecule has 1 aromatic carbocycles. The van der Waals surface area contributed by atoms with Crippen molar-refractivity contribution >= 4 is 23.8 Å². The molecule has 0 bridgehead atoms. The quantitative estimate of drug-likeness (QED) is 0.0345. The summed E-state index contributed by atoms with van der Waals surface area (Å²) in [5.74, 6) is -2.27. The van der Waals surface area contributed by atoms with E-state index in [4.69, 9.17) is 5.11 Å². The van der Waals surface area contributed by atoms with E-state index in [0.717, 1.165) is 56.9 Å². The maximum atomic E-state index is 12.1. The van der Waals surface area contributed by atoms with Crippen LogP contribution in [0.1, 0.15) is 193 Å². The van der Waals surface area contributed by atoms with Crippen LogP contribution in [0.25, 0.3) is 0 Å². The Kier molecular flexibility index (Phi) is 34.9. The zero-order valence-corrected chi connectivity index (χ0v) is 34.8. The molecule has 9 nitrogen and oxygen atoms in total. The van der Waals surface area contributed by atoms with Crippen molar-refractivity contribution < 1.29 is 34.5 Å². The average Bonchev–Trinajstić information content (AvgIpc) is 3.15. The highest BCUT2D eigenvalue weighted by atomic mass is 16.4. The van der Waals surface area contributed by atoms with Gasteiger partial charge in [-0.25, -0.2) is 4.79 Å². The Balaban J connectivity index is 0.00000108. The van der Waals surface area contributed by atoms with Gasteiger partial charge in [0.25, 0.3) is 0 Å². The van der Waals surface area contributed by atoms with Crippen molar-refractivity contribution in [2.75, 3.05) is 0 Å². The zero-order valence-electron chi connectivity index (χ0n) is 34.8. The predicted octanol–water partition coefficient (Wildman–Crippen LogP) is 11.4. The smallest absolute Gasteiger partial charge is 0.326 e. The number of unbranched alkanes of at least 4 members (excludes halogenated alkanes) is 20. The molecule has 0 radical (unpaired) electrons. The highest BCUT2D eigenvalue weighted by molar-refractivity contribution is 5.84. The van der Waals surface area contributed by atoms with E-state index in [2.05, 4.69) is 48.8 Å². The Morgan fingerprint density at radius 1 is 0.545 bits per heavy atom. The molecule has 0 aliphatic carbocycles. The molecular weight excluding hydrogens is 693 g/mol. The van der Waals surface area contributed by atoms with Crippen molar-refractivity contribution in [3.8, 4) is 5.75 Å². The molecule has 0 saturated heterocycles. The Morgan fingerprint density at radius 3 is 1.40 bits per heavy atom. The second-order valence-corrected chi connectivity index (χ2v) is 14.9. The fourth-order valence-corrected chi connectivity index (χ4v) is 6.11. The van der Waals surface area contributed by atoms with Crippen LogP contribution in [-0.4, -0.2) is 51.2 Å². The second kappa shape index (κ2) is 37.3. The number of hydrogen-bond acceptors (Lipinski definition) is 5. The number of hydrogen-bond donors (Lipinski definition) is 5. The first kappa shape index (κ1) is 51.4. The van der Waals surface area contributed by atoms with Gasteiger partial charge in [-0.15, -0.1) is 0 Å². The summed E-state index contributed by atoms with van der Waals surface area (Å²) in [6.07, 6.45) is 39.0. The minimum atomic E-state index is -1.04. The number of allylic oxidation sites excluding steroid dienone is 4. The Labute approximate surface area is 334 Å². The van der Waals surface area contributed by atoms with Crippen LogP contribution >= 0.6 is 0 Å². The summed E-state index contributed by atoms with van der Waals surface area (Å²) in [4.78, 5) is 45.6. The molecule has 9 heteroatoms. The molecule has 2 amide bonds. The minimum Gasteiger partial charge on any atom is -0.508 e. The van der Waals surface area contributed by atoms with Gasteiger partial charge in [-0.05, 0) is 69.6 Å². The molecule has 0 unspecified atom stereocenters. The van der Waals surface area contributed by atoms with Crippen LogP contribution in [0.2, 0.25) is 0 Å². The van der Waals surface area contributed by atoms with E-state index in [1.165, 1.54) is 122 Å². The van der Waals surface area contributed by atoms with Gasteiger partial charge in [0.2, 0.25) is 11.8 Å². The fraction of sp³-hybridized carbons (Fsp3) is 0.696. The van der Waals surface area contributed by atoms with Gasteiger partial charge in [0.1, 0.15) is 17.8 Å². The molecule has 0 heterocycles. The average molecular weight is 771 g/mol. The predicted molar refractivity (Wildman–Crippen MR) is 226 cm³/mol. The van der Waals surface area contributed by atoms with E-state index in [9.17, 15) is 29.4 Å². The molecule has 2 atom stereocenters. The number of carbonyl (C=O) groups excluding carboxylic acids is 2. The summed E-state index contributed by atoms with van der Waals surface area (Å²) < 4.78 is 0. The van der Waals surface area contributed by atoms with Crippen molar-refractivity contribution in [2.24, 2.45) is 0 Å². The number of benzene rings is 1. The summed E-state index contributed by atoms with van der Waals surface area (Å²) in [7, 11) is 0. The highest BCUT2D eigenvalue weighted by Crippen LogP contribution is 2.14. The number of phenols is 1. The molecule has 0 aliphatic rings. The summed E-state index contributed by atoms with van der Waals surface area (Å²) in [5, 5.41) is 32.5. The van der Waals surface area contributed by atoms with E-state index in [1.807, 2.05) is 0 Å². The van der Waals surface area contributed by atoms with Crippen molar-refractivity contribution in [3.63, 3.8) is 0 Å². The first-order valence-corrected chi connectivity index (χ1v) is 21.7. The molecule has 0 saturated carbocycles. The topological polar surface area (TPSA) is 153 Å². The second-order valence-electron chi connectivity index (χ2n) is 14.9. The SMILES string of the molecule is CCCCC/C=C\C/C=C\CCCCCCCC(=O)N[C@@H](C)C(=O)O.CCCCCCCCCCCCCCCC(=O)N[C@@H](Cc1ccc(O)cc1)C(=O)O. The van der Waals surface area contributed by atoms with Gasteiger partial charge in [0, 0.05) is 19.3 Å². The standard InChI is InChI=1S/C25H41NO4.C21H37NO3/c1-2-3-4-5-6-7-8-9-10-11-12-13-14-15-24(28)26-23(25(29)30)20-21-16-18-22(27)19-17-21;1-3-4-5-6-7-8-9-10-11-12-13-14-15-16-17-18-20(23)22-19(2)21(24)25/h16-19,23,27H,2-15,20H2,1H3,(H,26,28)(H,29,30);7-8,10-11,19H,3-6,9,12-18H2,1-2H3,(H,22,23)(H,24,25)/b;8-7-,11-10-/t23-;19-/m00/s1. The van der Waals surface area contributed by atoms with Crippen LogP contribution < -0.4 is 10.6 Å². The molecular formula is C46H78N2O7. The van der Waals surface area contributed by atoms with E-state index < -0.39 is 24.0 Å². The van der Waals surface area contributed by atoms with Crippen molar-refractivity contribution in [2.45, 2.75) is 206 Å². The minimum absolute atomic E-state index is 0.136. The largest absolute Gasteiger partial charge is 0.508 e. The number of carbonyl (C=O) groups is 4. The molecule has 0 fully saturated rings. The Hall–Kier alpha value is -3.62. The summed E-state index contributed by atoms with van der Waals surface area (Å²) in [5.41, 5.74) is 0.765. The third-order valence-electron chi connectivity index (χ3n) is 9.62. The Bertz CT molecular complexity index is 1170. The number of rotatable bonds is 34. The Morgan fingerprint density at radius 2 is 0.945 bits per heavy atom. The normalized spacial score (nSPS) is 12.3. The number of nitrogens with one attached hydrogen (secondary N) is 2. The number of phenolic OH excluding ortho intramolecular Hbond substituents is 1. The van der Waals surface area contributed by atoms with Gasteiger partial charge >= 0.3 is 11.9 Å². The maximum Gasteiger partial charge on any atom is 0.326 e. The number of aromatic hydroxyl groups is 1. The van der Waals surface area contributed by atoms with Crippen LogP contribution in [0, 0.1) is 0 Å². The summed E-state index contributed by atoms with van der Waals surface area (Å²) >= 11 is 0. The van der Waals surface area contributed by atoms with E-state index in [-0.39, 0.29) is 24.0 Å². The molecule has 1 aromatic rings. The molecule has 0 aromatic heterocycles. The van der Waals surface area contributed by atoms with Gasteiger partial charge in [-0.1, -0.05) is 159 Å². The fourth-order valence-electron chi connectivity index (χ4n) is 6.11. The van der Waals surface area contributed by atoms with E-state index in [1.54, 1.807) is 12.1 Å². The van der Waals surface area contributed by atoms with Gasteiger partial charge < -0.3 is 26.0 Å². The van der Waals surface area contributed by atoms with Crippen molar-refractivity contribution in [1.82, 2.24) is 10.6 Å². The van der Waals surface area contributed by atoms with Crippen molar-refractivity contribution in [3.05, 3.63) is 54.1 Å².